The lowest BCUT2D eigenvalue weighted by Gasteiger charge is -2.15. The van der Waals surface area contributed by atoms with E-state index >= 15 is 0 Å². The van der Waals surface area contributed by atoms with E-state index in [1.165, 1.54) is 6.08 Å². The Hall–Kier alpha value is -3.28. The molecule has 0 bridgehead atoms. The highest BCUT2D eigenvalue weighted by molar-refractivity contribution is 6.02. The van der Waals surface area contributed by atoms with Crippen molar-refractivity contribution in [2.24, 2.45) is 0 Å². The molecule has 1 fully saturated rings. The minimum absolute atomic E-state index is 0.163. The molecule has 6 heteroatoms. The average Bonchev–Trinajstić information content (AvgIpc) is 3.29. The molecule has 2 heterocycles. The van der Waals surface area contributed by atoms with Gasteiger partial charge in [0.15, 0.2) is 11.5 Å². The van der Waals surface area contributed by atoms with Gasteiger partial charge in [0.2, 0.25) is 18.6 Å². The fourth-order valence-corrected chi connectivity index (χ4v) is 3.02. The molecule has 26 heavy (non-hydrogen) atoms. The number of nitrogens with zero attached hydrogens (tertiary/aromatic N) is 1. The predicted octanol–water partition coefficient (Wildman–Crippen LogP) is 3.19. The summed E-state index contributed by atoms with van der Waals surface area (Å²) in [6.45, 7) is 0.970. The Kier molecular flexibility index (Phi) is 4.31. The molecule has 2 aliphatic heterocycles. The van der Waals surface area contributed by atoms with E-state index in [2.05, 4.69) is 5.32 Å². The van der Waals surface area contributed by atoms with Crippen LogP contribution in [-0.2, 0) is 9.59 Å². The van der Waals surface area contributed by atoms with Crippen molar-refractivity contribution in [2.75, 3.05) is 23.6 Å². The highest BCUT2D eigenvalue weighted by atomic mass is 16.7. The van der Waals surface area contributed by atoms with Crippen LogP contribution in [0.25, 0.3) is 6.08 Å². The van der Waals surface area contributed by atoms with Gasteiger partial charge < -0.3 is 19.7 Å². The number of nitrogens with one attached hydrogen (secondary N) is 1. The van der Waals surface area contributed by atoms with Crippen molar-refractivity contribution in [3.05, 3.63) is 54.1 Å². The van der Waals surface area contributed by atoms with E-state index in [4.69, 9.17) is 9.47 Å². The predicted molar refractivity (Wildman–Crippen MR) is 98.3 cm³/mol. The minimum Gasteiger partial charge on any atom is -0.454 e. The topological polar surface area (TPSA) is 67.9 Å². The molecule has 2 aromatic rings. The third kappa shape index (κ3) is 3.39. The Morgan fingerprint density at radius 2 is 1.88 bits per heavy atom. The van der Waals surface area contributed by atoms with Crippen molar-refractivity contribution in [1.29, 1.82) is 0 Å². The van der Waals surface area contributed by atoms with Crippen LogP contribution in [0, 0.1) is 0 Å². The van der Waals surface area contributed by atoms with Crippen LogP contribution in [0.3, 0.4) is 0 Å². The summed E-state index contributed by atoms with van der Waals surface area (Å²) in [4.78, 5) is 25.6. The van der Waals surface area contributed by atoms with Gasteiger partial charge in [-0.2, -0.15) is 0 Å². The van der Waals surface area contributed by atoms with E-state index in [1.54, 1.807) is 29.2 Å². The van der Waals surface area contributed by atoms with Gasteiger partial charge in [-0.25, -0.2) is 0 Å². The zero-order valence-corrected chi connectivity index (χ0v) is 14.1. The second-order valence-electron chi connectivity index (χ2n) is 6.13. The molecule has 0 saturated carbocycles. The van der Waals surface area contributed by atoms with Crippen LogP contribution in [0.4, 0.5) is 11.4 Å². The SMILES string of the molecule is O=C(/C=C/c1ccc(N2CCCC2=O)cc1)Nc1ccc2c(c1)OCO2. The van der Waals surface area contributed by atoms with Crippen LogP contribution in [0.1, 0.15) is 18.4 Å². The Labute approximate surface area is 151 Å². The summed E-state index contributed by atoms with van der Waals surface area (Å²) in [7, 11) is 0. The van der Waals surface area contributed by atoms with Crippen LogP contribution in [0.5, 0.6) is 11.5 Å². The van der Waals surface area contributed by atoms with Gasteiger partial charge in [-0.15, -0.1) is 0 Å². The van der Waals surface area contributed by atoms with Crippen molar-refractivity contribution < 1.29 is 19.1 Å². The molecule has 0 aromatic heterocycles. The number of fused-ring (bicyclic) bond motifs is 1. The van der Waals surface area contributed by atoms with E-state index in [1.807, 2.05) is 24.3 Å². The maximum atomic E-state index is 12.1. The van der Waals surface area contributed by atoms with E-state index in [0.29, 0.717) is 23.6 Å². The second-order valence-corrected chi connectivity index (χ2v) is 6.13. The van der Waals surface area contributed by atoms with E-state index in [0.717, 1.165) is 24.2 Å². The number of amides is 2. The fourth-order valence-electron chi connectivity index (χ4n) is 3.02. The molecule has 4 rings (SSSR count). The molecule has 1 N–H and O–H groups in total. The standard InChI is InChI=1S/C20H18N2O4/c23-19(21-15-6-9-17-18(12-15)26-13-25-17)10-5-14-3-7-16(8-4-14)22-11-1-2-20(22)24/h3-10,12H,1-2,11,13H2,(H,21,23)/b10-5+. The van der Waals surface area contributed by atoms with Gasteiger partial charge in [-0.05, 0) is 42.3 Å². The summed E-state index contributed by atoms with van der Waals surface area (Å²) < 4.78 is 10.5. The number of ether oxygens (including phenoxy) is 2. The zero-order chi connectivity index (χ0) is 17.9. The molecule has 0 aliphatic carbocycles. The van der Waals surface area contributed by atoms with Crippen LogP contribution in [0.15, 0.2) is 48.5 Å². The molecule has 2 aliphatic rings. The highest BCUT2D eigenvalue weighted by Gasteiger charge is 2.21. The smallest absolute Gasteiger partial charge is 0.248 e. The maximum Gasteiger partial charge on any atom is 0.248 e. The maximum absolute atomic E-state index is 12.1. The largest absolute Gasteiger partial charge is 0.454 e. The number of benzene rings is 2. The summed E-state index contributed by atoms with van der Waals surface area (Å²) in [5, 5.41) is 2.79. The number of hydrogen-bond acceptors (Lipinski definition) is 4. The van der Waals surface area contributed by atoms with Crippen LogP contribution in [-0.4, -0.2) is 25.2 Å². The molecule has 0 unspecified atom stereocenters. The summed E-state index contributed by atoms with van der Waals surface area (Å²) in [6.07, 6.45) is 4.72. The summed E-state index contributed by atoms with van der Waals surface area (Å²) >= 11 is 0. The number of rotatable bonds is 4. The van der Waals surface area contributed by atoms with Gasteiger partial charge in [0.1, 0.15) is 0 Å². The lowest BCUT2D eigenvalue weighted by molar-refractivity contribution is -0.117. The van der Waals surface area contributed by atoms with E-state index < -0.39 is 0 Å². The van der Waals surface area contributed by atoms with Gasteiger partial charge in [0.25, 0.3) is 0 Å². The summed E-state index contributed by atoms with van der Waals surface area (Å²) in [6, 6.07) is 12.9. The van der Waals surface area contributed by atoms with Gasteiger partial charge >= 0.3 is 0 Å². The Balaban J connectivity index is 1.38. The third-order valence-electron chi connectivity index (χ3n) is 4.35. The first-order valence-corrected chi connectivity index (χ1v) is 8.48. The molecular weight excluding hydrogens is 332 g/mol. The Bertz CT molecular complexity index is 874. The second kappa shape index (κ2) is 6.92. The van der Waals surface area contributed by atoms with Gasteiger partial charge in [0, 0.05) is 36.5 Å². The van der Waals surface area contributed by atoms with Crippen molar-refractivity contribution in [3.8, 4) is 11.5 Å². The summed E-state index contributed by atoms with van der Waals surface area (Å²) in [5.74, 6) is 1.23. The molecule has 1 saturated heterocycles. The monoisotopic (exact) mass is 350 g/mol. The van der Waals surface area contributed by atoms with Crippen LogP contribution < -0.4 is 19.7 Å². The zero-order valence-electron chi connectivity index (χ0n) is 14.1. The van der Waals surface area contributed by atoms with Gasteiger partial charge in [-0.1, -0.05) is 12.1 Å². The Morgan fingerprint density at radius 3 is 2.65 bits per heavy atom. The fraction of sp³-hybridized carbons (Fsp3) is 0.200. The molecule has 132 valence electrons. The van der Waals surface area contributed by atoms with Crippen molar-refractivity contribution in [3.63, 3.8) is 0 Å². The van der Waals surface area contributed by atoms with Crippen molar-refractivity contribution in [1.82, 2.24) is 0 Å². The lowest BCUT2D eigenvalue weighted by Crippen LogP contribution is -2.23. The molecule has 0 radical (unpaired) electrons. The normalized spacial score (nSPS) is 15.7. The first-order valence-electron chi connectivity index (χ1n) is 8.48. The first kappa shape index (κ1) is 16.2. The van der Waals surface area contributed by atoms with Crippen molar-refractivity contribution in [2.45, 2.75) is 12.8 Å². The lowest BCUT2D eigenvalue weighted by atomic mass is 10.2. The molecule has 0 atom stereocenters. The quantitative estimate of drug-likeness (QED) is 0.860. The minimum atomic E-state index is -0.234. The summed E-state index contributed by atoms with van der Waals surface area (Å²) in [5.41, 5.74) is 2.43. The number of carbonyl (C=O) groups is 2. The molecule has 0 spiro atoms. The molecule has 2 aromatic carbocycles. The van der Waals surface area contributed by atoms with Crippen LogP contribution >= 0.6 is 0 Å². The molecule has 6 nitrogen and oxygen atoms in total. The molecular formula is C20H18N2O4. The van der Waals surface area contributed by atoms with Crippen molar-refractivity contribution >= 4 is 29.3 Å². The molecule has 2 amide bonds. The number of anilines is 2. The van der Waals surface area contributed by atoms with Crippen LogP contribution in [0.2, 0.25) is 0 Å². The highest BCUT2D eigenvalue weighted by Crippen LogP contribution is 2.34. The number of hydrogen-bond donors (Lipinski definition) is 1. The van der Waals surface area contributed by atoms with Gasteiger partial charge in [0.05, 0.1) is 0 Å². The average molecular weight is 350 g/mol. The number of carbonyl (C=O) groups excluding carboxylic acids is 2. The van der Waals surface area contributed by atoms with Gasteiger partial charge in [-0.3, -0.25) is 9.59 Å². The van der Waals surface area contributed by atoms with E-state index in [9.17, 15) is 9.59 Å². The third-order valence-corrected chi connectivity index (χ3v) is 4.35. The Morgan fingerprint density at radius 1 is 1.08 bits per heavy atom. The van der Waals surface area contributed by atoms with E-state index in [-0.39, 0.29) is 18.6 Å². The first-order chi connectivity index (χ1) is 12.7.